The number of amides is 1. The third-order valence-corrected chi connectivity index (χ3v) is 3.53. The van der Waals surface area contributed by atoms with Gasteiger partial charge < -0.3 is 19.8 Å². The summed E-state index contributed by atoms with van der Waals surface area (Å²) in [5, 5.41) is 0.729. The highest BCUT2D eigenvalue weighted by Gasteiger charge is 2.21. The molecule has 1 fully saturated rings. The van der Waals surface area contributed by atoms with Gasteiger partial charge in [-0.2, -0.15) is 0 Å². The summed E-state index contributed by atoms with van der Waals surface area (Å²) < 4.78 is 10.4. The van der Waals surface area contributed by atoms with Crippen molar-refractivity contribution in [2.45, 2.75) is 12.8 Å². The predicted molar refractivity (Wildman–Crippen MR) is 76.7 cm³/mol. The summed E-state index contributed by atoms with van der Waals surface area (Å²) >= 11 is 0. The van der Waals surface area contributed by atoms with Gasteiger partial charge in [0.1, 0.15) is 5.58 Å². The number of carbonyl (C=O) groups is 2. The number of likely N-dealkylation sites (tertiary alicyclic amines) is 1. The van der Waals surface area contributed by atoms with Crippen LogP contribution >= 0.6 is 0 Å². The lowest BCUT2D eigenvalue weighted by atomic mass is 10.2. The van der Waals surface area contributed by atoms with Crippen molar-refractivity contribution in [1.29, 1.82) is 0 Å². The minimum atomic E-state index is -0.641. The molecule has 1 aliphatic rings. The third kappa shape index (κ3) is 2.84. The summed E-state index contributed by atoms with van der Waals surface area (Å²) in [6, 6.07) is 6.66. The molecule has 6 heteroatoms. The van der Waals surface area contributed by atoms with Crippen LogP contribution in [-0.4, -0.2) is 36.5 Å². The second kappa shape index (κ2) is 5.47. The van der Waals surface area contributed by atoms with E-state index in [4.69, 9.17) is 14.9 Å². The zero-order valence-electron chi connectivity index (χ0n) is 11.5. The predicted octanol–water partition coefficient (Wildman–Crippen LogP) is 1.79. The molecule has 21 heavy (non-hydrogen) atoms. The Balaban J connectivity index is 1.65. The van der Waals surface area contributed by atoms with E-state index in [1.165, 1.54) is 0 Å². The van der Waals surface area contributed by atoms with Gasteiger partial charge in [0.2, 0.25) is 5.76 Å². The molecule has 2 aromatic rings. The lowest BCUT2D eigenvalue weighted by molar-refractivity contribution is -0.133. The van der Waals surface area contributed by atoms with Crippen molar-refractivity contribution < 1.29 is 18.7 Å². The number of hydrogen-bond donors (Lipinski definition) is 1. The average Bonchev–Trinajstić information content (AvgIpc) is 3.12. The van der Waals surface area contributed by atoms with Crippen LogP contribution in [0.15, 0.2) is 28.7 Å². The summed E-state index contributed by atoms with van der Waals surface area (Å²) in [4.78, 5) is 25.4. The average molecular weight is 288 g/mol. The van der Waals surface area contributed by atoms with Crippen molar-refractivity contribution >= 4 is 28.5 Å². The summed E-state index contributed by atoms with van der Waals surface area (Å²) in [6.45, 7) is 1.22. The van der Waals surface area contributed by atoms with Crippen LogP contribution < -0.4 is 5.73 Å². The zero-order chi connectivity index (χ0) is 14.8. The number of ether oxygens (including phenoxy) is 1. The molecule has 1 aromatic heterocycles. The molecule has 0 radical (unpaired) electrons. The topological polar surface area (TPSA) is 85.8 Å². The van der Waals surface area contributed by atoms with Crippen LogP contribution in [0, 0.1) is 0 Å². The normalized spacial score (nSPS) is 14.6. The molecule has 3 rings (SSSR count). The van der Waals surface area contributed by atoms with E-state index in [9.17, 15) is 9.59 Å². The largest absolute Gasteiger partial charge is 0.450 e. The Bertz CT molecular complexity index is 686. The van der Waals surface area contributed by atoms with Gasteiger partial charge in [-0.3, -0.25) is 4.79 Å². The maximum Gasteiger partial charge on any atom is 0.374 e. The van der Waals surface area contributed by atoms with E-state index >= 15 is 0 Å². The molecule has 2 heterocycles. The van der Waals surface area contributed by atoms with E-state index in [2.05, 4.69) is 0 Å². The summed E-state index contributed by atoms with van der Waals surface area (Å²) in [5.41, 5.74) is 6.82. The molecule has 0 atom stereocenters. The number of rotatable bonds is 3. The van der Waals surface area contributed by atoms with Crippen LogP contribution in [0.5, 0.6) is 0 Å². The van der Waals surface area contributed by atoms with E-state index in [1.54, 1.807) is 29.2 Å². The molecule has 0 unspecified atom stereocenters. The highest BCUT2D eigenvalue weighted by molar-refractivity contribution is 5.94. The molecule has 0 spiro atoms. The fourth-order valence-electron chi connectivity index (χ4n) is 2.42. The van der Waals surface area contributed by atoms with Crippen molar-refractivity contribution in [3.05, 3.63) is 30.0 Å². The molecule has 0 aliphatic carbocycles. The molecule has 1 aromatic carbocycles. The van der Waals surface area contributed by atoms with E-state index in [1.807, 2.05) is 0 Å². The smallest absolute Gasteiger partial charge is 0.374 e. The Labute approximate surface area is 121 Å². The minimum Gasteiger partial charge on any atom is -0.450 e. The number of nitrogen functional groups attached to an aromatic ring is 1. The Hall–Kier alpha value is -2.50. The van der Waals surface area contributed by atoms with Gasteiger partial charge in [0.25, 0.3) is 5.91 Å². The highest BCUT2D eigenvalue weighted by atomic mass is 16.5. The number of hydrogen-bond acceptors (Lipinski definition) is 5. The van der Waals surface area contributed by atoms with E-state index in [0.717, 1.165) is 31.3 Å². The number of benzene rings is 1. The molecule has 0 bridgehead atoms. The van der Waals surface area contributed by atoms with Gasteiger partial charge >= 0.3 is 5.97 Å². The lowest BCUT2D eigenvalue weighted by Gasteiger charge is -2.14. The first-order chi connectivity index (χ1) is 10.1. The summed E-state index contributed by atoms with van der Waals surface area (Å²) in [7, 11) is 0. The molecule has 110 valence electrons. The van der Waals surface area contributed by atoms with Gasteiger partial charge in [-0.1, -0.05) is 0 Å². The maximum atomic E-state index is 11.9. The van der Waals surface area contributed by atoms with E-state index < -0.39 is 5.97 Å². The summed E-state index contributed by atoms with van der Waals surface area (Å²) in [6.07, 6.45) is 2.01. The van der Waals surface area contributed by atoms with Crippen molar-refractivity contribution in [3.63, 3.8) is 0 Å². The fraction of sp³-hybridized carbons (Fsp3) is 0.333. The fourth-order valence-corrected chi connectivity index (χ4v) is 2.42. The molecular formula is C15H16N2O4. The first kappa shape index (κ1) is 13.5. The summed E-state index contributed by atoms with van der Waals surface area (Å²) in [5.74, 6) is -0.733. The van der Waals surface area contributed by atoms with Gasteiger partial charge in [-0.15, -0.1) is 0 Å². The van der Waals surface area contributed by atoms with Crippen LogP contribution in [0.4, 0.5) is 5.69 Å². The Morgan fingerprint density at radius 3 is 2.76 bits per heavy atom. The Kier molecular flexibility index (Phi) is 3.51. The number of nitrogens with zero attached hydrogens (tertiary/aromatic N) is 1. The van der Waals surface area contributed by atoms with Gasteiger partial charge in [0, 0.05) is 24.2 Å². The SMILES string of the molecule is Nc1ccc2oc(C(=O)OCC(=O)N3CCCC3)cc2c1. The molecule has 6 nitrogen and oxygen atoms in total. The number of carbonyl (C=O) groups excluding carboxylic acids is 2. The van der Waals surface area contributed by atoms with Crippen molar-refractivity contribution in [1.82, 2.24) is 4.90 Å². The maximum absolute atomic E-state index is 11.9. The number of anilines is 1. The highest BCUT2D eigenvalue weighted by Crippen LogP contribution is 2.22. The second-order valence-corrected chi connectivity index (χ2v) is 5.07. The van der Waals surface area contributed by atoms with Crippen molar-refractivity contribution in [2.75, 3.05) is 25.4 Å². The molecule has 2 N–H and O–H groups in total. The van der Waals surface area contributed by atoms with Gasteiger partial charge in [-0.05, 0) is 37.1 Å². The van der Waals surface area contributed by atoms with Crippen LogP contribution in [0.25, 0.3) is 11.0 Å². The van der Waals surface area contributed by atoms with Gasteiger partial charge in [0.15, 0.2) is 6.61 Å². The van der Waals surface area contributed by atoms with Gasteiger partial charge in [0.05, 0.1) is 0 Å². The van der Waals surface area contributed by atoms with Crippen molar-refractivity contribution in [2.24, 2.45) is 0 Å². The number of furan rings is 1. The van der Waals surface area contributed by atoms with E-state index in [-0.39, 0.29) is 18.3 Å². The number of esters is 1. The molecule has 1 amide bonds. The van der Waals surface area contributed by atoms with Crippen LogP contribution in [0.1, 0.15) is 23.4 Å². The monoisotopic (exact) mass is 288 g/mol. The van der Waals surface area contributed by atoms with Crippen LogP contribution in [-0.2, 0) is 9.53 Å². The first-order valence-corrected chi connectivity index (χ1v) is 6.87. The Morgan fingerprint density at radius 2 is 2.00 bits per heavy atom. The van der Waals surface area contributed by atoms with Crippen LogP contribution in [0.3, 0.4) is 0 Å². The minimum absolute atomic E-state index is 0.0739. The lowest BCUT2D eigenvalue weighted by Crippen LogP contribution is -2.32. The molecular weight excluding hydrogens is 272 g/mol. The number of nitrogens with two attached hydrogens (primary N) is 1. The van der Waals surface area contributed by atoms with Crippen LogP contribution in [0.2, 0.25) is 0 Å². The van der Waals surface area contributed by atoms with Crippen molar-refractivity contribution in [3.8, 4) is 0 Å². The van der Waals surface area contributed by atoms with E-state index in [0.29, 0.717) is 11.3 Å². The molecule has 1 aliphatic heterocycles. The third-order valence-electron chi connectivity index (χ3n) is 3.53. The first-order valence-electron chi connectivity index (χ1n) is 6.87. The number of fused-ring (bicyclic) bond motifs is 1. The standard InChI is InChI=1S/C15H16N2O4/c16-11-3-4-12-10(7-11)8-13(21-12)15(19)20-9-14(18)17-5-1-2-6-17/h3-4,7-8H,1-2,5-6,9,16H2. The Morgan fingerprint density at radius 1 is 1.24 bits per heavy atom. The zero-order valence-corrected chi connectivity index (χ0v) is 11.5. The molecule has 1 saturated heterocycles. The quantitative estimate of drug-likeness (QED) is 0.687. The van der Waals surface area contributed by atoms with Gasteiger partial charge in [-0.25, -0.2) is 4.79 Å². The second-order valence-electron chi connectivity index (χ2n) is 5.07. The molecule has 0 saturated carbocycles.